The molecule has 8 heteroatoms. The van der Waals surface area contributed by atoms with Gasteiger partial charge in [0.05, 0.1) is 18.2 Å². The fourth-order valence-electron chi connectivity index (χ4n) is 3.32. The number of hydrogen-bond acceptors (Lipinski definition) is 4. The molecule has 0 saturated heterocycles. The molecule has 0 heterocycles. The number of ether oxygens (including phenoxy) is 1. The van der Waals surface area contributed by atoms with Crippen molar-refractivity contribution < 1.29 is 24.2 Å². The number of benzene rings is 3. The summed E-state index contributed by atoms with van der Waals surface area (Å²) in [6.45, 7) is 0.455. The molecule has 0 aliphatic carbocycles. The van der Waals surface area contributed by atoms with Crippen molar-refractivity contribution in [1.29, 1.82) is 0 Å². The van der Waals surface area contributed by atoms with Gasteiger partial charge in [0.15, 0.2) is 0 Å². The molecule has 0 aliphatic heterocycles. The molecule has 3 aromatic carbocycles. The van der Waals surface area contributed by atoms with E-state index in [0.29, 0.717) is 47.8 Å². The summed E-state index contributed by atoms with van der Waals surface area (Å²) < 4.78 is 5.22. The van der Waals surface area contributed by atoms with Crippen molar-refractivity contribution in [3.63, 3.8) is 0 Å². The number of rotatable bonds is 10. The van der Waals surface area contributed by atoms with Crippen LogP contribution in [0.2, 0.25) is 5.02 Å². The Morgan fingerprint density at radius 1 is 0.912 bits per heavy atom. The predicted octanol–water partition coefficient (Wildman–Crippen LogP) is 4.59. The molecular weight excluding hydrogens is 456 g/mol. The highest BCUT2D eigenvalue weighted by Gasteiger charge is 2.12. The second-order valence-corrected chi connectivity index (χ2v) is 8.03. The highest BCUT2D eigenvalue weighted by atomic mass is 35.5. The number of aromatic carboxylic acids is 1. The maximum Gasteiger partial charge on any atom is 0.335 e. The number of carbonyl (C=O) groups excluding carboxylic acids is 2. The van der Waals surface area contributed by atoms with Crippen LogP contribution in [0.25, 0.3) is 0 Å². The zero-order valence-electron chi connectivity index (χ0n) is 18.6. The van der Waals surface area contributed by atoms with Crippen LogP contribution in [0.15, 0.2) is 66.7 Å². The van der Waals surface area contributed by atoms with Crippen LogP contribution in [0, 0.1) is 0 Å². The number of hydrogen-bond donors (Lipinski definition) is 3. The minimum Gasteiger partial charge on any atom is -0.496 e. The smallest absolute Gasteiger partial charge is 0.335 e. The molecule has 0 unspecified atom stereocenters. The second-order valence-electron chi connectivity index (χ2n) is 7.60. The molecule has 2 amide bonds. The van der Waals surface area contributed by atoms with Crippen LogP contribution in [-0.2, 0) is 17.6 Å². The number of halogens is 1. The molecule has 0 atom stereocenters. The molecular formula is C26H25ClN2O5. The maximum atomic E-state index is 12.4. The van der Waals surface area contributed by atoms with Crippen LogP contribution >= 0.6 is 11.6 Å². The molecule has 0 saturated carbocycles. The van der Waals surface area contributed by atoms with Gasteiger partial charge in [-0.15, -0.1) is 0 Å². The summed E-state index contributed by atoms with van der Waals surface area (Å²) in [7, 11) is 1.50. The normalized spacial score (nSPS) is 10.4. The van der Waals surface area contributed by atoms with Gasteiger partial charge in [-0.1, -0.05) is 35.9 Å². The van der Waals surface area contributed by atoms with E-state index < -0.39 is 5.97 Å². The third kappa shape index (κ3) is 7.08. The number of anilines is 1. The van der Waals surface area contributed by atoms with Gasteiger partial charge in [-0.05, 0) is 66.4 Å². The Morgan fingerprint density at radius 2 is 1.56 bits per heavy atom. The van der Waals surface area contributed by atoms with Gasteiger partial charge in [0.2, 0.25) is 5.91 Å². The van der Waals surface area contributed by atoms with E-state index in [2.05, 4.69) is 10.6 Å². The van der Waals surface area contributed by atoms with Gasteiger partial charge >= 0.3 is 5.97 Å². The molecule has 3 rings (SSSR count). The van der Waals surface area contributed by atoms with Crippen molar-refractivity contribution in [2.45, 2.75) is 19.3 Å². The molecule has 0 aromatic heterocycles. The van der Waals surface area contributed by atoms with E-state index in [4.69, 9.17) is 21.4 Å². The van der Waals surface area contributed by atoms with Crippen LogP contribution in [-0.4, -0.2) is 36.5 Å². The van der Waals surface area contributed by atoms with Crippen LogP contribution < -0.4 is 15.4 Å². The van der Waals surface area contributed by atoms with Crippen molar-refractivity contribution >= 4 is 35.1 Å². The van der Waals surface area contributed by atoms with Gasteiger partial charge in [-0.3, -0.25) is 9.59 Å². The van der Waals surface area contributed by atoms with Gasteiger partial charge in [0.25, 0.3) is 5.91 Å². The summed E-state index contributed by atoms with van der Waals surface area (Å²) in [5, 5.41) is 15.0. The first-order valence-electron chi connectivity index (χ1n) is 10.7. The minimum absolute atomic E-state index is 0.147. The van der Waals surface area contributed by atoms with Crippen molar-refractivity contribution in [1.82, 2.24) is 5.32 Å². The zero-order chi connectivity index (χ0) is 24.5. The topological polar surface area (TPSA) is 105 Å². The zero-order valence-corrected chi connectivity index (χ0v) is 19.4. The molecule has 176 valence electrons. The summed E-state index contributed by atoms with van der Waals surface area (Å²) >= 11 is 5.98. The maximum absolute atomic E-state index is 12.4. The van der Waals surface area contributed by atoms with E-state index in [0.717, 1.165) is 11.1 Å². The van der Waals surface area contributed by atoms with Crippen molar-refractivity contribution in [3.05, 3.63) is 94.0 Å². The first-order valence-corrected chi connectivity index (χ1v) is 11.1. The van der Waals surface area contributed by atoms with Gasteiger partial charge in [0, 0.05) is 23.7 Å². The lowest BCUT2D eigenvalue weighted by Gasteiger charge is -2.10. The summed E-state index contributed by atoms with van der Waals surface area (Å²) in [6.07, 6.45) is 1.53. The highest BCUT2D eigenvalue weighted by molar-refractivity contribution is 6.31. The van der Waals surface area contributed by atoms with Gasteiger partial charge in [-0.2, -0.15) is 0 Å². The molecule has 3 N–H and O–H groups in total. The Hall–Kier alpha value is -3.84. The Balaban J connectivity index is 1.43. The number of amides is 2. The van der Waals surface area contributed by atoms with E-state index in [1.54, 1.807) is 30.3 Å². The molecule has 0 fully saturated rings. The Kier molecular flexibility index (Phi) is 8.65. The Bertz CT molecular complexity index is 1160. The van der Waals surface area contributed by atoms with E-state index in [1.165, 1.54) is 19.2 Å². The first-order chi connectivity index (χ1) is 16.4. The number of aryl methyl sites for hydroxylation is 1. The van der Waals surface area contributed by atoms with Crippen molar-refractivity contribution in [2.75, 3.05) is 19.0 Å². The average molecular weight is 481 g/mol. The first kappa shape index (κ1) is 24.8. The fraction of sp³-hybridized carbons (Fsp3) is 0.192. The van der Waals surface area contributed by atoms with E-state index >= 15 is 0 Å². The molecule has 0 radical (unpaired) electrons. The largest absolute Gasteiger partial charge is 0.496 e. The Labute approximate surface area is 202 Å². The van der Waals surface area contributed by atoms with Crippen LogP contribution in [0.3, 0.4) is 0 Å². The molecule has 7 nitrogen and oxygen atoms in total. The summed E-state index contributed by atoms with van der Waals surface area (Å²) in [4.78, 5) is 35.5. The lowest BCUT2D eigenvalue weighted by molar-refractivity contribution is -0.116. The van der Waals surface area contributed by atoms with Crippen LogP contribution in [0.1, 0.15) is 38.3 Å². The lowest BCUT2D eigenvalue weighted by Crippen LogP contribution is -2.26. The number of methoxy groups -OCH3 is 1. The highest BCUT2D eigenvalue weighted by Crippen LogP contribution is 2.22. The molecule has 3 aromatic rings. The average Bonchev–Trinajstić information content (AvgIpc) is 2.83. The number of nitrogens with one attached hydrogen (secondary N) is 2. The lowest BCUT2D eigenvalue weighted by atomic mass is 10.1. The molecule has 0 aliphatic rings. The SMILES string of the molecule is COc1ccc(Cl)cc1C(=O)NCCc1ccc(CCC(=O)Nc2ccc(C(=O)O)cc2)cc1. The van der Waals surface area contributed by atoms with Crippen LogP contribution in [0.4, 0.5) is 5.69 Å². The fourth-order valence-corrected chi connectivity index (χ4v) is 3.50. The van der Waals surface area contributed by atoms with Gasteiger partial charge in [0.1, 0.15) is 5.75 Å². The number of carboxylic acids is 1. The monoisotopic (exact) mass is 480 g/mol. The van der Waals surface area contributed by atoms with Gasteiger partial charge < -0.3 is 20.5 Å². The molecule has 0 spiro atoms. The van der Waals surface area contributed by atoms with Crippen molar-refractivity contribution in [3.8, 4) is 5.75 Å². The standard InChI is InChI=1S/C26H25ClN2O5/c1-34-23-12-9-20(27)16-22(23)25(31)28-15-14-18-4-2-17(3-5-18)6-13-24(30)29-21-10-7-19(8-11-21)26(32)33/h2-5,7-12,16H,6,13-15H2,1H3,(H,28,31)(H,29,30)(H,32,33). The molecule has 34 heavy (non-hydrogen) atoms. The van der Waals surface area contributed by atoms with E-state index in [-0.39, 0.29) is 17.4 Å². The van der Waals surface area contributed by atoms with E-state index in [1.807, 2.05) is 24.3 Å². The second kappa shape index (κ2) is 11.9. The summed E-state index contributed by atoms with van der Waals surface area (Å²) in [6, 6.07) is 18.8. The molecule has 0 bridgehead atoms. The third-order valence-electron chi connectivity index (χ3n) is 5.18. The third-order valence-corrected chi connectivity index (χ3v) is 5.42. The Morgan fingerprint density at radius 3 is 2.18 bits per heavy atom. The van der Waals surface area contributed by atoms with E-state index in [9.17, 15) is 14.4 Å². The quantitative estimate of drug-likeness (QED) is 0.393. The number of carboxylic acid groups (broad SMARTS) is 1. The minimum atomic E-state index is -1.01. The summed E-state index contributed by atoms with van der Waals surface area (Å²) in [5.74, 6) is -0.941. The number of carbonyl (C=O) groups is 3. The predicted molar refractivity (Wildman–Crippen MR) is 131 cm³/mol. The van der Waals surface area contributed by atoms with Crippen molar-refractivity contribution in [2.24, 2.45) is 0 Å². The van der Waals surface area contributed by atoms with Gasteiger partial charge in [-0.25, -0.2) is 4.79 Å². The van der Waals surface area contributed by atoms with Crippen LogP contribution in [0.5, 0.6) is 5.75 Å². The summed E-state index contributed by atoms with van der Waals surface area (Å²) in [5.41, 5.74) is 3.20.